The zero-order valence-corrected chi connectivity index (χ0v) is 12.3. The molecule has 0 aliphatic rings. The highest BCUT2D eigenvalue weighted by molar-refractivity contribution is 6.30. The number of pyridine rings is 2. The lowest BCUT2D eigenvalue weighted by molar-refractivity contribution is 0.102. The number of nitrogens with one attached hydrogen (secondary N) is 1. The van der Waals surface area contributed by atoms with E-state index in [1.54, 1.807) is 23.2 Å². The van der Waals surface area contributed by atoms with E-state index in [1.165, 1.54) is 6.07 Å². The molecule has 0 radical (unpaired) electrons. The summed E-state index contributed by atoms with van der Waals surface area (Å²) < 4.78 is 0. The van der Waals surface area contributed by atoms with Crippen molar-refractivity contribution in [3.63, 3.8) is 0 Å². The highest BCUT2D eigenvalue weighted by Gasteiger charge is 2.11. The molecule has 0 fully saturated rings. The van der Waals surface area contributed by atoms with E-state index in [9.17, 15) is 4.79 Å². The van der Waals surface area contributed by atoms with Gasteiger partial charge in [-0.25, -0.2) is 9.97 Å². The second-order valence-corrected chi connectivity index (χ2v) is 4.99. The molecule has 104 valence electrons. The van der Waals surface area contributed by atoms with Crippen LogP contribution in [0.4, 0.5) is 11.6 Å². The van der Waals surface area contributed by atoms with E-state index < -0.39 is 0 Å². The van der Waals surface area contributed by atoms with Crippen molar-refractivity contribution in [3.05, 3.63) is 46.7 Å². The van der Waals surface area contributed by atoms with Crippen molar-refractivity contribution in [3.8, 4) is 0 Å². The standard InChI is InChI=1S/C14H15ClN4O/c1-9-4-5-16-12(6-9)18-14(20)10-7-11(15)17-13(8-10)19(2)3/h4-8H,1-3H3,(H,16,18,20). The lowest BCUT2D eigenvalue weighted by atomic mass is 10.2. The molecule has 2 aromatic rings. The van der Waals surface area contributed by atoms with Crippen molar-refractivity contribution in [1.29, 1.82) is 0 Å². The molecule has 5 nitrogen and oxygen atoms in total. The smallest absolute Gasteiger partial charge is 0.257 e. The highest BCUT2D eigenvalue weighted by atomic mass is 35.5. The second kappa shape index (κ2) is 5.88. The van der Waals surface area contributed by atoms with Gasteiger partial charge < -0.3 is 10.2 Å². The number of rotatable bonds is 3. The van der Waals surface area contributed by atoms with Gasteiger partial charge in [0, 0.05) is 25.9 Å². The van der Waals surface area contributed by atoms with Gasteiger partial charge in [0.15, 0.2) is 0 Å². The molecular formula is C14H15ClN4O. The summed E-state index contributed by atoms with van der Waals surface area (Å²) in [5, 5.41) is 3.01. The summed E-state index contributed by atoms with van der Waals surface area (Å²) in [4.78, 5) is 22.2. The fourth-order valence-electron chi connectivity index (χ4n) is 1.64. The summed E-state index contributed by atoms with van der Waals surface area (Å²) in [6.07, 6.45) is 1.65. The average Bonchev–Trinajstić information content (AvgIpc) is 2.37. The normalized spacial score (nSPS) is 10.2. The molecule has 1 N–H and O–H groups in total. The van der Waals surface area contributed by atoms with Crippen molar-refractivity contribution < 1.29 is 4.79 Å². The van der Waals surface area contributed by atoms with Crippen LogP contribution in [0.1, 0.15) is 15.9 Å². The van der Waals surface area contributed by atoms with Gasteiger partial charge >= 0.3 is 0 Å². The van der Waals surface area contributed by atoms with Gasteiger partial charge in [-0.3, -0.25) is 4.79 Å². The SMILES string of the molecule is Cc1ccnc(NC(=O)c2cc(Cl)nc(N(C)C)c2)c1. The first kappa shape index (κ1) is 14.3. The Balaban J connectivity index is 2.25. The third kappa shape index (κ3) is 3.45. The average molecular weight is 291 g/mol. The minimum Gasteiger partial charge on any atom is -0.363 e. The van der Waals surface area contributed by atoms with Crippen molar-refractivity contribution in [1.82, 2.24) is 9.97 Å². The Kier molecular flexibility index (Phi) is 4.20. The lowest BCUT2D eigenvalue weighted by Crippen LogP contribution is -2.16. The lowest BCUT2D eigenvalue weighted by Gasteiger charge is -2.13. The van der Waals surface area contributed by atoms with Gasteiger partial charge in [0.05, 0.1) is 0 Å². The number of halogens is 1. The van der Waals surface area contributed by atoms with Gasteiger partial charge in [-0.05, 0) is 36.8 Å². The number of carbonyl (C=O) groups excluding carboxylic acids is 1. The zero-order valence-electron chi connectivity index (χ0n) is 11.5. The first-order chi connectivity index (χ1) is 9.45. The van der Waals surface area contributed by atoms with Gasteiger partial charge in [-0.1, -0.05) is 11.6 Å². The molecule has 0 aliphatic heterocycles. The maximum atomic E-state index is 12.2. The Morgan fingerprint density at radius 3 is 2.70 bits per heavy atom. The molecule has 0 unspecified atom stereocenters. The monoisotopic (exact) mass is 290 g/mol. The Morgan fingerprint density at radius 2 is 2.05 bits per heavy atom. The van der Waals surface area contributed by atoms with Crippen LogP contribution in [0.2, 0.25) is 5.15 Å². The molecule has 0 aliphatic carbocycles. The zero-order chi connectivity index (χ0) is 14.7. The van der Waals surface area contributed by atoms with Crippen LogP contribution < -0.4 is 10.2 Å². The van der Waals surface area contributed by atoms with E-state index >= 15 is 0 Å². The molecule has 20 heavy (non-hydrogen) atoms. The third-order valence-corrected chi connectivity index (χ3v) is 2.85. The molecule has 2 heterocycles. The van der Waals surface area contributed by atoms with E-state index in [0.29, 0.717) is 17.2 Å². The molecule has 6 heteroatoms. The van der Waals surface area contributed by atoms with Crippen LogP contribution in [-0.4, -0.2) is 30.0 Å². The largest absolute Gasteiger partial charge is 0.363 e. The number of hydrogen-bond donors (Lipinski definition) is 1. The van der Waals surface area contributed by atoms with E-state index in [1.807, 2.05) is 27.1 Å². The van der Waals surface area contributed by atoms with Crippen LogP contribution >= 0.6 is 11.6 Å². The predicted molar refractivity (Wildman–Crippen MR) is 80.5 cm³/mol. The summed E-state index contributed by atoms with van der Waals surface area (Å²) in [5.74, 6) is 0.865. The van der Waals surface area contributed by atoms with Crippen LogP contribution in [0.15, 0.2) is 30.5 Å². The molecule has 1 amide bonds. The predicted octanol–water partition coefficient (Wildman–Crippen LogP) is 2.76. The summed E-state index contributed by atoms with van der Waals surface area (Å²) in [7, 11) is 3.67. The number of amides is 1. The molecule has 0 atom stereocenters. The second-order valence-electron chi connectivity index (χ2n) is 4.60. The molecular weight excluding hydrogens is 276 g/mol. The summed E-state index contributed by atoms with van der Waals surface area (Å²) >= 11 is 5.93. The van der Waals surface area contributed by atoms with E-state index in [0.717, 1.165) is 5.56 Å². The number of hydrogen-bond acceptors (Lipinski definition) is 4. The fourth-order valence-corrected chi connectivity index (χ4v) is 1.84. The van der Waals surface area contributed by atoms with E-state index in [2.05, 4.69) is 15.3 Å². The maximum Gasteiger partial charge on any atom is 0.257 e. The third-order valence-electron chi connectivity index (χ3n) is 2.66. The Morgan fingerprint density at radius 1 is 1.30 bits per heavy atom. The number of aromatic nitrogens is 2. The minimum atomic E-state index is -0.268. The van der Waals surface area contributed by atoms with Crippen LogP contribution in [0, 0.1) is 6.92 Å². The van der Waals surface area contributed by atoms with Gasteiger partial charge in [0.1, 0.15) is 16.8 Å². The molecule has 0 saturated carbocycles. The summed E-state index contributed by atoms with van der Waals surface area (Å²) in [6.45, 7) is 1.94. The number of nitrogens with zero attached hydrogens (tertiary/aromatic N) is 3. The number of anilines is 2. The van der Waals surface area contributed by atoms with Gasteiger partial charge in [0.25, 0.3) is 5.91 Å². The van der Waals surface area contributed by atoms with Gasteiger partial charge in [-0.2, -0.15) is 0 Å². The van der Waals surface area contributed by atoms with Crippen LogP contribution in [0.3, 0.4) is 0 Å². The molecule has 2 aromatic heterocycles. The minimum absolute atomic E-state index is 0.268. The first-order valence-electron chi connectivity index (χ1n) is 6.04. The van der Waals surface area contributed by atoms with Gasteiger partial charge in [-0.15, -0.1) is 0 Å². The number of aryl methyl sites for hydroxylation is 1. The van der Waals surface area contributed by atoms with E-state index in [4.69, 9.17) is 11.6 Å². The molecule has 0 bridgehead atoms. The van der Waals surface area contributed by atoms with Crippen molar-refractivity contribution in [2.75, 3.05) is 24.3 Å². The van der Waals surface area contributed by atoms with Gasteiger partial charge in [0.2, 0.25) is 0 Å². The quantitative estimate of drug-likeness (QED) is 0.883. The number of carbonyl (C=O) groups is 1. The molecule has 0 spiro atoms. The van der Waals surface area contributed by atoms with Crippen molar-refractivity contribution in [2.45, 2.75) is 6.92 Å². The van der Waals surface area contributed by atoms with Crippen LogP contribution in [0.5, 0.6) is 0 Å². The summed E-state index contributed by atoms with van der Waals surface area (Å²) in [6, 6.07) is 6.87. The molecule has 2 rings (SSSR count). The van der Waals surface area contributed by atoms with Crippen molar-refractivity contribution >= 4 is 29.1 Å². The molecule has 0 saturated heterocycles. The fraction of sp³-hybridized carbons (Fsp3) is 0.214. The maximum absolute atomic E-state index is 12.2. The van der Waals surface area contributed by atoms with E-state index in [-0.39, 0.29) is 11.1 Å². The molecule has 0 aromatic carbocycles. The van der Waals surface area contributed by atoms with Crippen molar-refractivity contribution in [2.24, 2.45) is 0 Å². The van der Waals surface area contributed by atoms with Crippen LogP contribution in [0.25, 0.3) is 0 Å². The highest BCUT2D eigenvalue weighted by Crippen LogP contribution is 2.17. The Bertz CT molecular complexity index is 643. The Labute approximate surface area is 122 Å². The summed E-state index contributed by atoms with van der Waals surface area (Å²) in [5.41, 5.74) is 1.47. The Hall–Kier alpha value is -2.14. The topological polar surface area (TPSA) is 58.1 Å². The van der Waals surface area contributed by atoms with Crippen LogP contribution in [-0.2, 0) is 0 Å². The first-order valence-corrected chi connectivity index (χ1v) is 6.42.